The van der Waals surface area contributed by atoms with Crippen LogP contribution >= 0.6 is 11.6 Å². The molecule has 0 saturated heterocycles. The van der Waals surface area contributed by atoms with E-state index in [0.717, 1.165) is 19.3 Å². The molecule has 0 radical (unpaired) electrons. The maximum absolute atomic E-state index is 11.3. The molecule has 0 fully saturated rings. The van der Waals surface area contributed by atoms with Gasteiger partial charge in [-0.25, -0.2) is 19.4 Å². The highest BCUT2D eigenvalue weighted by atomic mass is 35.5. The molecule has 0 aliphatic carbocycles. The van der Waals surface area contributed by atoms with Gasteiger partial charge in [0.15, 0.2) is 0 Å². The van der Waals surface area contributed by atoms with Crippen molar-refractivity contribution in [1.29, 1.82) is 0 Å². The molecule has 0 N–H and O–H groups in total. The van der Waals surface area contributed by atoms with Crippen molar-refractivity contribution in [3.05, 3.63) is 0 Å². The fraction of sp³-hybridized carbons (Fsp3) is 0.875. The van der Waals surface area contributed by atoms with Crippen molar-refractivity contribution in [2.24, 2.45) is 0 Å². The zero-order valence-electron chi connectivity index (χ0n) is 13.6. The van der Waals surface area contributed by atoms with Crippen molar-refractivity contribution in [2.45, 2.75) is 89.9 Å². The van der Waals surface area contributed by atoms with Gasteiger partial charge in [-0.2, -0.15) is 0 Å². The molecule has 124 valence electrons. The summed E-state index contributed by atoms with van der Waals surface area (Å²) >= 11 is 5.71. The summed E-state index contributed by atoms with van der Waals surface area (Å²) in [6, 6.07) is 0. The molecule has 0 saturated carbocycles. The summed E-state index contributed by atoms with van der Waals surface area (Å²) in [5.74, 6) is -1.28. The molecule has 0 aromatic carbocycles. The Morgan fingerprint density at radius 1 is 0.857 bits per heavy atom. The van der Waals surface area contributed by atoms with Crippen LogP contribution in [0.25, 0.3) is 0 Å². The quantitative estimate of drug-likeness (QED) is 0.234. The van der Waals surface area contributed by atoms with Gasteiger partial charge in [-0.15, -0.1) is 11.6 Å². The van der Waals surface area contributed by atoms with Crippen LogP contribution in [0.3, 0.4) is 0 Å². The van der Waals surface area contributed by atoms with E-state index in [1.165, 1.54) is 52.4 Å². The standard InChI is InChI=1S/C16H29ClO4/c1-4-5-6-7-8-9-10-11-12-13-14(18)20-21-15(19)16(2,3)17/h4-13H2,1-3H3. The second kappa shape index (κ2) is 11.8. The average molecular weight is 321 g/mol. The molecule has 0 aromatic heterocycles. The van der Waals surface area contributed by atoms with E-state index in [0.29, 0.717) is 0 Å². The van der Waals surface area contributed by atoms with Crippen LogP contribution < -0.4 is 0 Å². The molecule has 0 amide bonds. The molecule has 0 rings (SSSR count). The number of hydrogen-bond donors (Lipinski definition) is 0. The highest BCUT2D eigenvalue weighted by Gasteiger charge is 2.28. The Morgan fingerprint density at radius 2 is 1.33 bits per heavy atom. The molecule has 0 aliphatic heterocycles. The smallest absolute Gasteiger partial charge is 0.247 e. The van der Waals surface area contributed by atoms with Crippen molar-refractivity contribution in [2.75, 3.05) is 0 Å². The lowest BCUT2D eigenvalue weighted by Crippen LogP contribution is -2.28. The van der Waals surface area contributed by atoms with Crippen LogP contribution in [0.1, 0.15) is 85.0 Å². The summed E-state index contributed by atoms with van der Waals surface area (Å²) < 4.78 is 0. The van der Waals surface area contributed by atoms with Crippen LogP contribution in [0.15, 0.2) is 0 Å². The lowest BCUT2D eigenvalue weighted by Gasteiger charge is -2.11. The molecular weight excluding hydrogens is 292 g/mol. The van der Waals surface area contributed by atoms with E-state index >= 15 is 0 Å². The summed E-state index contributed by atoms with van der Waals surface area (Å²) in [6.45, 7) is 5.17. The van der Waals surface area contributed by atoms with Crippen molar-refractivity contribution in [1.82, 2.24) is 0 Å². The van der Waals surface area contributed by atoms with Gasteiger partial charge in [0.2, 0.25) is 0 Å². The van der Waals surface area contributed by atoms with Crippen LogP contribution in [0.5, 0.6) is 0 Å². The minimum absolute atomic E-state index is 0.270. The number of carbonyl (C=O) groups is 2. The number of unbranched alkanes of at least 4 members (excludes halogenated alkanes) is 8. The molecule has 0 atom stereocenters. The first kappa shape index (κ1) is 20.2. The Balaban J connectivity index is 3.40. The lowest BCUT2D eigenvalue weighted by atomic mass is 10.1. The van der Waals surface area contributed by atoms with Crippen molar-refractivity contribution in [3.8, 4) is 0 Å². The Hall–Kier alpha value is -0.770. The second-order valence-corrected chi connectivity index (χ2v) is 6.82. The first-order chi connectivity index (χ1) is 9.88. The SMILES string of the molecule is CCCCCCCCCCCC(=O)OOC(=O)C(C)(C)Cl. The van der Waals surface area contributed by atoms with E-state index in [4.69, 9.17) is 11.6 Å². The molecule has 0 spiro atoms. The largest absolute Gasteiger partial charge is 0.375 e. The average Bonchev–Trinajstić information content (AvgIpc) is 2.41. The number of rotatable bonds is 11. The molecule has 0 aliphatic rings. The summed E-state index contributed by atoms with van der Waals surface area (Å²) in [5, 5.41) is 0. The number of alkyl halides is 1. The van der Waals surface area contributed by atoms with Crippen molar-refractivity contribution < 1.29 is 19.4 Å². The van der Waals surface area contributed by atoms with Crippen LogP contribution in [-0.4, -0.2) is 16.8 Å². The summed E-state index contributed by atoms with van der Waals surface area (Å²) in [4.78, 5) is 30.2. The van der Waals surface area contributed by atoms with Crippen LogP contribution in [-0.2, 0) is 19.4 Å². The van der Waals surface area contributed by atoms with Crippen LogP contribution in [0, 0.1) is 0 Å². The molecule has 0 unspecified atom stereocenters. The van der Waals surface area contributed by atoms with Crippen molar-refractivity contribution in [3.63, 3.8) is 0 Å². The molecule has 4 nitrogen and oxygen atoms in total. The zero-order chi connectivity index (χ0) is 16.1. The maximum atomic E-state index is 11.3. The third-order valence-corrected chi connectivity index (χ3v) is 3.33. The Bertz CT molecular complexity index is 297. The number of halogens is 1. The number of carbonyl (C=O) groups excluding carboxylic acids is 2. The van der Waals surface area contributed by atoms with Gasteiger partial charge in [-0.1, -0.05) is 58.3 Å². The van der Waals surface area contributed by atoms with Gasteiger partial charge < -0.3 is 0 Å². The van der Waals surface area contributed by atoms with Gasteiger partial charge in [0, 0.05) is 0 Å². The fourth-order valence-electron chi connectivity index (χ4n) is 1.81. The molecular formula is C16H29ClO4. The minimum atomic E-state index is -1.18. The minimum Gasteiger partial charge on any atom is -0.247 e. The Kier molecular flexibility index (Phi) is 11.4. The van der Waals surface area contributed by atoms with E-state index < -0.39 is 16.8 Å². The Labute approximate surface area is 133 Å². The third kappa shape index (κ3) is 12.7. The zero-order valence-corrected chi connectivity index (χ0v) is 14.3. The molecule has 0 bridgehead atoms. The van der Waals surface area contributed by atoms with Crippen LogP contribution in [0.4, 0.5) is 0 Å². The van der Waals surface area contributed by atoms with E-state index in [9.17, 15) is 9.59 Å². The first-order valence-electron chi connectivity index (χ1n) is 7.98. The monoisotopic (exact) mass is 320 g/mol. The van der Waals surface area contributed by atoms with E-state index in [1.807, 2.05) is 0 Å². The van der Waals surface area contributed by atoms with E-state index in [1.54, 1.807) is 0 Å². The topological polar surface area (TPSA) is 52.6 Å². The van der Waals surface area contributed by atoms with Gasteiger partial charge in [0.1, 0.15) is 4.87 Å². The highest BCUT2D eigenvalue weighted by molar-refractivity contribution is 6.33. The van der Waals surface area contributed by atoms with Gasteiger partial charge in [0.25, 0.3) is 0 Å². The second-order valence-electron chi connectivity index (χ2n) is 5.88. The van der Waals surface area contributed by atoms with Crippen molar-refractivity contribution >= 4 is 23.5 Å². The number of hydrogen-bond acceptors (Lipinski definition) is 4. The lowest BCUT2D eigenvalue weighted by molar-refractivity contribution is -0.260. The molecule has 21 heavy (non-hydrogen) atoms. The van der Waals surface area contributed by atoms with Crippen LogP contribution in [0.2, 0.25) is 0 Å². The highest BCUT2D eigenvalue weighted by Crippen LogP contribution is 2.15. The molecule has 0 aromatic rings. The van der Waals surface area contributed by atoms with Gasteiger partial charge >= 0.3 is 11.9 Å². The normalized spacial score (nSPS) is 11.2. The Morgan fingerprint density at radius 3 is 1.81 bits per heavy atom. The maximum Gasteiger partial charge on any atom is 0.375 e. The summed E-state index contributed by atoms with van der Waals surface area (Å²) in [7, 11) is 0. The predicted octanol–water partition coefficient (Wildman–Crippen LogP) is 4.93. The predicted molar refractivity (Wildman–Crippen MR) is 84.0 cm³/mol. The third-order valence-electron chi connectivity index (χ3n) is 3.18. The first-order valence-corrected chi connectivity index (χ1v) is 8.36. The van der Waals surface area contributed by atoms with E-state index in [2.05, 4.69) is 16.7 Å². The van der Waals surface area contributed by atoms with E-state index in [-0.39, 0.29) is 6.42 Å². The molecule has 5 heteroatoms. The van der Waals surface area contributed by atoms with Gasteiger partial charge in [-0.05, 0) is 20.3 Å². The fourth-order valence-corrected chi connectivity index (χ4v) is 1.84. The summed E-state index contributed by atoms with van der Waals surface area (Å²) in [5.41, 5.74) is 0. The molecule has 0 heterocycles. The van der Waals surface area contributed by atoms with Gasteiger partial charge in [0.05, 0.1) is 6.42 Å². The summed E-state index contributed by atoms with van der Waals surface area (Å²) in [6.07, 6.45) is 10.9. The van der Waals surface area contributed by atoms with Gasteiger partial charge in [-0.3, -0.25) is 0 Å².